The summed E-state index contributed by atoms with van der Waals surface area (Å²) >= 11 is 1.76. The Morgan fingerprint density at radius 2 is 2.14 bits per heavy atom. The predicted octanol–water partition coefficient (Wildman–Crippen LogP) is 1.70. The number of hydrogen-bond acceptors (Lipinski definition) is 4. The topological polar surface area (TPSA) is 28.2 Å². The van der Waals surface area contributed by atoms with Crippen molar-refractivity contribution in [3.8, 4) is 0 Å². The van der Waals surface area contributed by atoms with Gasteiger partial charge in [0.1, 0.15) is 5.01 Å². The molecule has 0 amide bonds. The first-order valence-corrected chi connectivity index (χ1v) is 5.98. The van der Waals surface area contributed by atoms with E-state index in [-0.39, 0.29) is 0 Å². The number of aromatic nitrogens is 1. The van der Waals surface area contributed by atoms with Gasteiger partial charge in [-0.05, 0) is 20.1 Å². The third kappa shape index (κ3) is 3.36. The second-order valence-corrected chi connectivity index (χ2v) is 4.17. The quantitative estimate of drug-likeness (QED) is 0.779. The van der Waals surface area contributed by atoms with Crippen LogP contribution in [0.4, 0.5) is 0 Å². The molecule has 1 heterocycles. The maximum absolute atomic E-state index is 4.55. The second kappa shape index (κ2) is 6.11. The molecule has 80 valence electrons. The first-order valence-electron chi connectivity index (χ1n) is 5.10. The van der Waals surface area contributed by atoms with Gasteiger partial charge in [-0.25, -0.2) is 4.98 Å². The van der Waals surface area contributed by atoms with Crippen LogP contribution in [0.1, 0.15) is 24.5 Å². The van der Waals surface area contributed by atoms with Crippen molar-refractivity contribution in [1.82, 2.24) is 15.2 Å². The van der Waals surface area contributed by atoms with Gasteiger partial charge in [0.2, 0.25) is 0 Å². The summed E-state index contributed by atoms with van der Waals surface area (Å²) in [5, 5.41) is 6.46. The van der Waals surface area contributed by atoms with Gasteiger partial charge < -0.3 is 5.32 Å². The molecule has 0 radical (unpaired) electrons. The van der Waals surface area contributed by atoms with Crippen LogP contribution in [-0.2, 0) is 13.1 Å². The molecule has 0 aliphatic rings. The molecular formula is C10H19N3S. The molecule has 0 aliphatic heterocycles. The van der Waals surface area contributed by atoms with Gasteiger partial charge in [0, 0.05) is 11.9 Å². The Balaban J connectivity index is 2.49. The van der Waals surface area contributed by atoms with Gasteiger partial charge in [-0.15, -0.1) is 11.3 Å². The minimum atomic E-state index is 0.870. The van der Waals surface area contributed by atoms with Gasteiger partial charge in [0.25, 0.3) is 0 Å². The SMILES string of the molecule is CCN(CC)Cc1nc(CNC)cs1. The lowest BCUT2D eigenvalue weighted by Gasteiger charge is -2.15. The zero-order valence-corrected chi connectivity index (χ0v) is 10.0. The van der Waals surface area contributed by atoms with Crippen LogP contribution in [0.25, 0.3) is 0 Å². The highest BCUT2D eigenvalue weighted by atomic mass is 32.1. The molecule has 0 bridgehead atoms. The third-order valence-corrected chi connectivity index (χ3v) is 3.09. The van der Waals surface area contributed by atoms with E-state index in [0.29, 0.717) is 0 Å². The summed E-state index contributed by atoms with van der Waals surface area (Å²) in [6, 6.07) is 0. The van der Waals surface area contributed by atoms with Crippen LogP contribution >= 0.6 is 11.3 Å². The number of thiazole rings is 1. The summed E-state index contributed by atoms with van der Waals surface area (Å²) in [7, 11) is 1.95. The van der Waals surface area contributed by atoms with E-state index in [1.807, 2.05) is 7.05 Å². The molecule has 14 heavy (non-hydrogen) atoms. The average Bonchev–Trinajstić information content (AvgIpc) is 2.63. The van der Waals surface area contributed by atoms with Crippen LogP contribution in [-0.4, -0.2) is 30.0 Å². The van der Waals surface area contributed by atoms with Gasteiger partial charge in [0.15, 0.2) is 0 Å². The first-order chi connectivity index (χ1) is 6.80. The zero-order chi connectivity index (χ0) is 10.4. The van der Waals surface area contributed by atoms with Crippen LogP contribution in [0, 0.1) is 0 Å². The fourth-order valence-electron chi connectivity index (χ4n) is 1.32. The van der Waals surface area contributed by atoms with Crippen LogP contribution in [0.3, 0.4) is 0 Å². The summed E-state index contributed by atoms with van der Waals surface area (Å²) in [5.41, 5.74) is 1.15. The number of rotatable bonds is 6. The van der Waals surface area contributed by atoms with E-state index in [1.54, 1.807) is 11.3 Å². The summed E-state index contributed by atoms with van der Waals surface area (Å²) < 4.78 is 0. The normalized spacial score (nSPS) is 11.1. The maximum Gasteiger partial charge on any atom is 0.107 e. The minimum Gasteiger partial charge on any atom is -0.314 e. The lowest BCUT2D eigenvalue weighted by molar-refractivity contribution is 0.295. The number of nitrogens with one attached hydrogen (secondary N) is 1. The highest BCUT2D eigenvalue weighted by molar-refractivity contribution is 7.09. The molecule has 0 saturated heterocycles. The molecule has 0 fully saturated rings. The highest BCUT2D eigenvalue weighted by Crippen LogP contribution is 2.11. The minimum absolute atomic E-state index is 0.870. The van der Waals surface area contributed by atoms with Gasteiger partial charge >= 0.3 is 0 Å². The first kappa shape index (κ1) is 11.6. The van der Waals surface area contributed by atoms with E-state index in [1.165, 1.54) is 5.01 Å². The Kier molecular flexibility index (Phi) is 5.07. The standard InChI is InChI=1S/C10H19N3S/c1-4-13(5-2)7-10-12-9(6-11-3)8-14-10/h8,11H,4-7H2,1-3H3. The third-order valence-electron chi connectivity index (χ3n) is 2.21. The molecule has 0 unspecified atom stereocenters. The molecular weight excluding hydrogens is 194 g/mol. The van der Waals surface area contributed by atoms with Crippen molar-refractivity contribution in [3.05, 3.63) is 16.1 Å². The molecule has 4 heteroatoms. The molecule has 3 nitrogen and oxygen atoms in total. The zero-order valence-electron chi connectivity index (χ0n) is 9.21. The van der Waals surface area contributed by atoms with Crippen molar-refractivity contribution < 1.29 is 0 Å². The monoisotopic (exact) mass is 213 g/mol. The summed E-state index contributed by atoms with van der Waals surface area (Å²) in [5.74, 6) is 0. The fourth-order valence-corrected chi connectivity index (χ4v) is 2.16. The predicted molar refractivity (Wildman–Crippen MR) is 61.5 cm³/mol. The van der Waals surface area contributed by atoms with Crippen molar-refractivity contribution in [3.63, 3.8) is 0 Å². The Morgan fingerprint density at radius 1 is 1.43 bits per heavy atom. The van der Waals surface area contributed by atoms with Crippen LogP contribution < -0.4 is 5.32 Å². The van der Waals surface area contributed by atoms with E-state index in [0.717, 1.165) is 31.9 Å². The van der Waals surface area contributed by atoms with E-state index in [4.69, 9.17) is 0 Å². The van der Waals surface area contributed by atoms with Crippen molar-refractivity contribution in [1.29, 1.82) is 0 Å². The average molecular weight is 213 g/mol. The molecule has 1 aromatic heterocycles. The molecule has 0 aromatic carbocycles. The van der Waals surface area contributed by atoms with E-state index in [2.05, 4.69) is 34.4 Å². The van der Waals surface area contributed by atoms with Gasteiger partial charge in [-0.3, -0.25) is 4.90 Å². The number of nitrogens with zero attached hydrogens (tertiary/aromatic N) is 2. The van der Waals surface area contributed by atoms with Gasteiger partial charge in [-0.2, -0.15) is 0 Å². The Labute approximate surface area is 90.2 Å². The Hall–Kier alpha value is -0.450. The second-order valence-electron chi connectivity index (χ2n) is 3.22. The van der Waals surface area contributed by atoms with Crippen molar-refractivity contribution in [2.24, 2.45) is 0 Å². The molecule has 1 rings (SSSR count). The Morgan fingerprint density at radius 3 is 2.71 bits per heavy atom. The number of hydrogen-bond donors (Lipinski definition) is 1. The molecule has 1 N–H and O–H groups in total. The summed E-state index contributed by atoms with van der Waals surface area (Å²) in [4.78, 5) is 6.93. The maximum atomic E-state index is 4.55. The highest BCUT2D eigenvalue weighted by Gasteiger charge is 2.05. The van der Waals surface area contributed by atoms with Gasteiger partial charge in [0.05, 0.1) is 12.2 Å². The fraction of sp³-hybridized carbons (Fsp3) is 0.700. The lowest BCUT2D eigenvalue weighted by Crippen LogP contribution is -2.22. The molecule has 0 spiro atoms. The lowest BCUT2D eigenvalue weighted by atomic mass is 10.4. The molecule has 0 saturated carbocycles. The van der Waals surface area contributed by atoms with Crippen LogP contribution in [0.5, 0.6) is 0 Å². The molecule has 1 aromatic rings. The van der Waals surface area contributed by atoms with Gasteiger partial charge in [-0.1, -0.05) is 13.8 Å². The van der Waals surface area contributed by atoms with Crippen LogP contribution in [0.15, 0.2) is 5.38 Å². The van der Waals surface area contributed by atoms with E-state index >= 15 is 0 Å². The Bertz CT molecular complexity index is 256. The summed E-state index contributed by atoms with van der Waals surface area (Å²) in [6.07, 6.45) is 0. The molecule has 0 atom stereocenters. The van der Waals surface area contributed by atoms with E-state index in [9.17, 15) is 0 Å². The van der Waals surface area contributed by atoms with Crippen LogP contribution in [0.2, 0.25) is 0 Å². The van der Waals surface area contributed by atoms with Crippen molar-refractivity contribution in [2.45, 2.75) is 26.9 Å². The smallest absolute Gasteiger partial charge is 0.107 e. The van der Waals surface area contributed by atoms with E-state index < -0.39 is 0 Å². The summed E-state index contributed by atoms with van der Waals surface area (Å²) in [6.45, 7) is 8.42. The molecule has 0 aliphatic carbocycles. The largest absolute Gasteiger partial charge is 0.314 e. The van der Waals surface area contributed by atoms with Crippen molar-refractivity contribution in [2.75, 3.05) is 20.1 Å². The van der Waals surface area contributed by atoms with Crippen molar-refractivity contribution >= 4 is 11.3 Å².